The molecule has 0 aliphatic heterocycles. The molecule has 2 rings (SSSR count). The summed E-state index contributed by atoms with van der Waals surface area (Å²) < 4.78 is 27.9. The van der Waals surface area contributed by atoms with E-state index in [1.165, 1.54) is 24.3 Å². The lowest BCUT2D eigenvalue weighted by Gasteiger charge is -2.19. The molecule has 0 aromatic heterocycles. The van der Waals surface area contributed by atoms with Gasteiger partial charge in [-0.2, -0.15) is 0 Å². The number of hydrogen-bond donors (Lipinski definition) is 3. The van der Waals surface area contributed by atoms with Gasteiger partial charge in [-0.3, -0.25) is 0 Å². The van der Waals surface area contributed by atoms with Crippen molar-refractivity contribution in [3.8, 4) is 0 Å². The summed E-state index contributed by atoms with van der Waals surface area (Å²) in [5.74, 6) is -0.541. The van der Waals surface area contributed by atoms with Crippen LogP contribution in [0.4, 0.5) is 14.5 Å². The first kappa shape index (κ1) is 18.4. The van der Waals surface area contributed by atoms with Gasteiger partial charge in [0.15, 0.2) is 0 Å². The molecule has 0 heterocycles. The maximum atomic E-state index is 14.0. The zero-order valence-corrected chi connectivity index (χ0v) is 15.3. The Hall–Kier alpha value is -1.92. The summed E-state index contributed by atoms with van der Waals surface area (Å²) in [7, 11) is 1.64. The highest BCUT2D eigenvalue weighted by Crippen LogP contribution is 2.31. The van der Waals surface area contributed by atoms with Crippen LogP contribution in [0.2, 0.25) is 5.02 Å². The van der Waals surface area contributed by atoms with Gasteiger partial charge in [-0.15, -0.1) is 0 Å². The highest BCUT2D eigenvalue weighted by molar-refractivity contribution is 9.10. The Kier molecular flexibility index (Phi) is 5.96. The lowest BCUT2D eigenvalue weighted by Crippen LogP contribution is -2.20. The van der Waals surface area contributed by atoms with E-state index < -0.39 is 11.6 Å². The van der Waals surface area contributed by atoms with Crippen LogP contribution in [0, 0.1) is 17.0 Å². The van der Waals surface area contributed by atoms with Crippen LogP contribution in [0.15, 0.2) is 46.7 Å². The van der Waals surface area contributed by atoms with Gasteiger partial charge < -0.3 is 16.0 Å². The second-order valence-corrected chi connectivity index (χ2v) is 6.23. The number of halogens is 4. The fourth-order valence-corrected chi connectivity index (χ4v) is 2.97. The fourth-order valence-electron chi connectivity index (χ4n) is 2.21. The average Bonchev–Trinajstić information content (AvgIpc) is 2.51. The molecule has 0 fully saturated rings. The van der Waals surface area contributed by atoms with E-state index in [-0.39, 0.29) is 16.4 Å². The van der Waals surface area contributed by atoms with Gasteiger partial charge in [0.05, 0.1) is 10.7 Å². The van der Waals surface area contributed by atoms with Crippen LogP contribution in [0.1, 0.15) is 12.5 Å². The normalized spacial score (nSPS) is 11.8. The zero-order valence-electron chi connectivity index (χ0n) is 13.0. The van der Waals surface area contributed by atoms with Gasteiger partial charge in [-0.1, -0.05) is 39.7 Å². The fraction of sp³-hybridized carbons (Fsp3) is 0.118. The Morgan fingerprint density at radius 3 is 2.46 bits per heavy atom. The van der Waals surface area contributed by atoms with Gasteiger partial charge in [0, 0.05) is 28.4 Å². The number of anilines is 1. The smallest absolute Gasteiger partial charge is 0.148 e. The number of para-hydroxylation sites is 1. The van der Waals surface area contributed by atoms with Gasteiger partial charge in [0.2, 0.25) is 0 Å². The lowest BCUT2D eigenvalue weighted by atomic mass is 10.0. The molecule has 0 unspecified atom stereocenters. The van der Waals surface area contributed by atoms with Crippen molar-refractivity contribution in [1.29, 1.82) is 5.41 Å². The quantitative estimate of drug-likeness (QED) is 0.572. The van der Waals surface area contributed by atoms with Crippen molar-refractivity contribution >= 4 is 44.5 Å². The van der Waals surface area contributed by atoms with E-state index in [1.54, 1.807) is 26.1 Å². The van der Waals surface area contributed by atoms with Gasteiger partial charge in [-0.05, 0) is 31.2 Å². The van der Waals surface area contributed by atoms with Crippen LogP contribution < -0.4 is 10.6 Å². The zero-order chi connectivity index (χ0) is 17.9. The molecule has 0 bridgehead atoms. The van der Waals surface area contributed by atoms with E-state index >= 15 is 0 Å². The lowest BCUT2D eigenvalue weighted by molar-refractivity contribution is 0.627. The Balaban J connectivity index is 2.61. The Labute approximate surface area is 152 Å². The van der Waals surface area contributed by atoms with E-state index in [0.29, 0.717) is 21.4 Å². The SMILES string of the molecule is CN/C(Nc1c(F)cccc1Cl)=C(\C(C)=N)c1ccc(F)cc1Br. The van der Waals surface area contributed by atoms with Crippen molar-refractivity contribution in [3.05, 3.63) is 68.9 Å². The molecule has 0 atom stereocenters. The molecule has 7 heteroatoms. The molecule has 0 radical (unpaired) electrons. The molecular weight excluding hydrogens is 400 g/mol. The van der Waals surface area contributed by atoms with E-state index in [4.69, 9.17) is 17.0 Å². The predicted octanol–water partition coefficient (Wildman–Crippen LogP) is 5.42. The summed E-state index contributed by atoms with van der Waals surface area (Å²) in [5, 5.41) is 14.1. The molecule has 0 aliphatic rings. The average molecular weight is 415 g/mol. The first-order valence-electron chi connectivity index (χ1n) is 6.99. The molecule has 126 valence electrons. The molecule has 0 saturated carbocycles. The van der Waals surface area contributed by atoms with E-state index in [0.717, 1.165) is 0 Å². The van der Waals surface area contributed by atoms with Crippen LogP contribution in [-0.4, -0.2) is 12.8 Å². The van der Waals surface area contributed by atoms with Crippen molar-refractivity contribution in [2.24, 2.45) is 0 Å². The van der Waals surface area contributed by atoms with Gasteiger partial charge in [0.25, 0.3) is 0 Å². The van der Waals surface area contributed by atoms with Gasteiger partial charge >= 0.3 is 0 Å². The minimum Gasteiger partial charge on any atom is -0.374 e. The molecule has 2 aromatic rings. The minimum absolute atomic E-state index is 0.0977. The third kappa shape index (κ3) is 3.94. The van der Waals surface area contributed by atoms with Crippen molar-refractivity contribution in [2.45, 2.75) is 6.92 Å². The summed E-state index contributed by atoms with van der Waals surface area (Å²) in [4.78, 5) is 0. The monoisotopic (exact) mass is 413 g/mol. The van der Waals surface area contributed by atoms with Crippen LogP contribution in [-0.2, 0) is 0 Å². The second kappa shape index (κ2) is 7.77. The highest BCUT2D eigenvalue weighted by Gasteiger charge is 2.17. The van der Waals surface area contributed by atoms with E-state index in [2.05, 4.69) is 26.6 Å². The summed E-state index contributed by atoms with van der Waals surface area (Å²) in [6.07, 6.45) is 0. The van der Waals surface area contributed by atoms with Crippen molar-refractivity contribution < 1.29 is 8.78 Å². The molecular formula is C17H15BrClF2N3. The maximum Gasteiger partial charge on any atom is 0.148 e. The van der Waals surface area contributed by atoms with Gasteiger partial charge in [0.1, 0.15) is 17.5 Å². The molecule has 2 aromatic carbocycles. The molecule has 0 aliphatic carbocycles. The number of rotatable bonds is 5. The maximum absolute atomic E-state index is 14.0. The van der Waals surface area contributed by atoms with Crippen LogP contribution in [0.25, 0.3) is 5.57 Å². The van der Waals surface area contributed by atoms with Gasteiger partial charge in [-0.25, -0.2) is 8.78 Å². The van der Waals surface area contributed by atoms with Crippen molar-refractivity contribution in [1.82, 2.24) is 5.32 Å². The highest BCUT2D eigenvalue weighted by atomic mass is 79.9. The minimum atomic E-state index is -0.518. The van der Waals surface area contributed by atoms with Crippen LogP contribution >= 0.6 is 27.5 Å². The summed E-state index contributed by atoms with van der Waals surface area (Å²) in [6.45, 7) is 1.59. The summed E-state index contributed by atoms with van der Waals surface area (Å²) in [5.41, 5.74) is 1.36. The van der Waals surface area contributed by atoms with E-state index in [9.17, 15) is 8.78 Å². The van der Waals surface area contributed by atoms with Crippen LogP contribution in [0.5, 0.6) is 0 Å². The molecule has 3 nitrogen and oxygen atoms in total. The molecule has 24 heavy (non-hydrogen) atoms. The third-order valence-electron chi connectivity index (χ3n) is 3.29. The Morgan fingerprint density at radius 2 is 1.92 bits per heavy atom. The van der Waals surface area contributed by atoms with Crippen molar-refractivity contribution in [3.63, 3.8) is 0 Å². The number of benzene rings is 2. The molecule has 3 N–H and O–H groups in total. The number of hydrogen-bond acceptors (Lipinski definition) is 3. The summed E-state index contributed by atoms with van der Waals surface area (Å²) >= 11 is 9.35. The second-order valence-electron chi connectivity index (χ2n) is 4.97. The van der Waals surface area contributed by atoms with Crippen molar-refractivity contribution in [2.75, 3.05) is 12.4 Å². The molecule has 0 amide bonds. The number of allylic oxidation sites excluding steroid dienone is 1. The standard InChI is InChI=1S/C17H15BrClF2N3/c1-9(22)15(11-7-6-10(20)8-12(11)18)17(23-2)24-16-13(19)4-3-5-14(16)21/h3-8,22-24H,1-2H3/b17-15-,22-9?. The first-order valence-corrected chi connectivity index (χ1v) is 8.16. The predicted molar refractivity (Wildman–Crippen MR) is 98.5 cm³/mol. The largest absolute Gasteiger partial charge is 0.374 e. The molecule has 0 spiro atoms. The first-order chi connectivity index (χ1) is 11.3. The Bertz CT molecular complexity index is 801. The third-order valence-corrected chi connectivity index (χ3v) is 4.26. The van der Waals surface area contributed by atoms with Crippen LogP contribution in [0.3, 0.4) is 0 Å². The topological polar surface area (TPSA) is 47.9 Å². The van der Waals surface area contributed by atoms with E-state index in [1.807, 2.05) is 0 Å². The Morgan fingerprint density at radius 1 is 1.21 bits per heavy atom. The summed E-state index contributed by atoms with van der Waals surface area (Å²) in [6, 6.07) is 8.50. The number of nitrogens with one attached hydrogen (secondary N) is 3. The molecule has 0 saturated heterocycles.